The molecule has 3 rings (SSSR count). The second kappa shape index (κ2) is 7.23. The standard InChI is InChI=1S/C18H23N3OS/c19-13-18(8-4-5-9-18)21-16(22)11-15-12-23-17(20-15)10-14-6-2-1-3-7-14/h1-3,6-7,12H,4-5,8-11,13,19H2,(H,21,22). The summed E-state index contributed by atoms with van der Waals surface area (Å²) in [7, 11) is 0. The first-order valence-electron chi connectivity index (χ1n) is 8.17. The normalized spacial score (nSPS) is 16.4. The van der Waals surface area contributed by atoms with Gasteiger partial charge in [0.05, 0.1) is 22.7 Å². The summed E-state index contributed by atoms with van der Waals surface area (Å²) in [6.07, 6.45) is 5.44. The Morgan fingerprint density at radius 2 is 2.00 bits per heavy atom. The molecule has 0 unspecified atom stereocenters. The van der Waals surface area contributed by atoms with Crippen LogP contribution in [0.1, 0.15) is 41.9 Å². The number of nitrogens with zero attached hydrogens (tertiary/aromatic N) is 1. The molecule has 1 aliphatic carbocycles. The van der Waals surface area contributed by atoms with Crippen LogP contribution in [0, 0.1) is 0 Å². The molecule has 0 radical (unpaired) electrons. The van der Waals surface area contributed by atoms with Crippen LogP contribution in [0.25, 0.3) is 0 Å². The summed E-state index contributed by atoms with van der Waals surface area (Å²) in [5.41, 5.74) is 7.78. The SMILES string of the molecule is NCC1(NC(=O)Cc2csc(Cc3ccccc3)n2)CCCC1. The molecule has 4 nitrogen and oxygen atoms in total. The Labute approximate surface area is 141 Å². The fourth-order valence-corrected chi connectivity index (χ4v) is 4.05. The highest BCUT2D eigenvalue weighted by Crippen LogP contribution is 2.28. The molecule has 1 aromatic heterocycles. The Hall–Kier alpha value is -1.72. The highest BCUT2D eigenvalue weighted by molar-refractivity contribution is 7.09. The third-order valence-electron chi connectivity index (χ3n) is 4.50. The second-order valence-corrected chi connectivity index (χ2v) is 7.25. The summed E-state index contributed by atoms with van der Waals surface area (Å²) in [5.74, 6) is 0.0360. The maximum atomic E-state index is 12.3. The lowest BCUT2D eigenvalue weighted by Gasteiger charge is -2.28. The third kappa shape index (κ3) is 4.18. The quantitative estimate of drug-likeness (QED) is 0.856. The molecule has 23 heavy (non-hydrogen) atoms. The molecule has 3 N–H and O–H groups in total. The van der Waals surface area contributed by atoms with Gasteiger partial charge in [0.2, 0.25) is 5.91 Å². The zero-order valence-corrected chi connectivity index (χ0v) is 14.1. The van der Waals surface area contributed by atoms with E-state index >= 15 is 0 Å². The summed E-state index contributed by atoms with van der Waals surface area (Å²) in [4.78, 5) is 16.9. The number of benzene rings is 1. The maximum Gasteiger partial charge on any atom is 0.226 e. The molecule has 0 bridgehead atoms. The molecule has 0 aliphatic heterocycles. The number of nitrogens with one attached hydrogen (secondary N) is 1. The van der Waals surface area contributed by atoms with Crippen LogP contribution >= 0.6 is 11.3 Å². The highest BCUT2D eigenvalue weighted by atomic mass is 32.1. The minimum atomic E-state index is -0.181. The molecule has 1 saturated carbocycles. The third-order valence-corrected chi connectivity index (χ3v) is 5.39. The Morgan fingerprint density at radius 1 is 1.26 bits per heavy atom. The van der Waals surface area contributed by atoms with Gasteiger partial charge in [0, 0.05) is 18.3 Å². The molecule has 1 aromatic carbocycles. The van der Waals surface area contributed by atoms with E-state index in [1.165, 1.54) is 5.56 Å². The number of thiazole rings is 1. The molecule has 1 aliphatic rings. The number of carbonyl (C=O) groups excluding carboxylic acids is 1. The molecule has 122 valence electrons. The van der Waals surface area contributed by atoms with Gasteiger partial charge < -0.3 is 11.1 Å². The Morgan fingerprint density at radius 3 is 2.70 bits per heavy atom. The number of carbonyl (C=O) groups is 1. The van der Waals surface area contributed by atoms with Gasteiger partial charge in [-0.05, 0) is 18.4 Å². The fourth-order valence-electron chi connectivity index (χ4n) is 3.22. The van der Waals surface area contributed by atoms with E-state index in [0.717, 1.165) is 42.8 Å². The van der Waals surface area contributed by atoms with Gasteiger partial charge in [0.15, 0.2) is 0 Å². The molecule has 5 heteroatoms. The zero-order chi connectivity index (χ0) is 16.1. The van der Waals surface area contributed by atoms with E-state index in [2.05, 4.69) is 22.4 Å². The fraction of sp³-hybridized carbons (Fsp3) is 0.444. The molecular weight excluding hydrogens is 306 g/mol. The molecule has 1 heterocycles. The van der Waals surface area contributed by atoms with Crippen molar-refractivity contribution in [3.63, 3.8) is 0 Å². The number of amides is 1. The smallest absolute Gasteiger partial charge is 0.226 e. The molecule has 0 saturated heterocycles. The first kappa shape index (κ1) is 16.1. The van der Waals surface area contributed by atoms with Crippen molar-refractivity contribution in [3.05, 3.63) is 52.0 Å². The Bertz CT molecular complexity index is 647. The van der Waals surface area contributed by atoms with Gasteiger partial charge >= 0.3 is 0 Å². The van der Waals surface area contributed by atoms with E-state index < -0.39 is 0 Å². The van der Waals surface area contributed by atoms with Crippen LogP contribution in [0.4, 0.5) is 0 Å². The summed E-state index contributed by atoms with van der Waals surface area (Å²) in [6.45, 7) is 0.523. The van der Waals surface area contributed by atoms with Crippen LogP contribution in [0.2, 0.25) is 0 Å². The van der Waals surface area contributed by atoms with Crippen molar-refractivity contribution < 1.29 is 4.79 Å². The van der Waals surface area contributed by atoms with Crippen molar-refractivity contribution in [1.29, 1.82) is 0 Å². The predicted octanol–water partition coefficient (Wildman–Crippen LogP) is 2.66. The van der Waals surface area contributed by atoms with Crippen molar-refractivity contribution >= 4 is 17.2 Å². The molecule has 2 aromatic rings. The predicted molar refractivity (Wildman–Crippen MR) is 93.5 cm³/mol. The van der Waals surface area contributed by atoms with Gasteiger partial charge in [-0.1, -0.05) is 43.2 Å². The summed E-state index contributed by atoms with van der Waals surface area (Å²) >= 11 is 1.62. The van der Waals surface area contributed by atoms with E-state index in [4.69, 9.17) is 5.73 Å². The minimum Gasteiger partial charge on any atom is -0.349 e. The lowest BCUT2D eigenvalue weighted by atomic mass is 9.97. The number of hydrogen-bond donors (Lipinski definition) is 2. The molecule has 0 spiro atoms. The van der Waals surface area contributed by atoms with Crippen LogP contribution in [-0.2, 0) is 17.6 Å². The number of nitrogens with two attached hydrogens (primary N) is 1. The summed E-state index contributed by atoms with van der Waals surface area (Å²) in [6, 6.07) is 10.3. The lowest BCUT2D eigenvalue weighted by molar-refractivity contribution is -0.122. The Kier molecular flexibility index (Phi) is 5.08. The lowest BCUT2D eigenvalue weighted by Crippen LogP contribution is -2.52. The van der Waals surface area contributed by atoms with Crippen molar-refractivity contribution in [3.8, 4) is 0 Å². The van der Waals surface area contributed by atoms with Gasteiger partial charge in [-0.3, -0.25) is 4.79 Å². The van der Waals surface area contributed by atoms with Crippen molar-refractivity contribution in [2.45, 2.75) is 44.1 Å². The number of aromatic nitrogens is 1. The summed E-state index contributed by atoms with van der Waals surface area (Å²) in [5, 5.41) is 6.19. The average Bonchev–Trinajstić information content (AvgIpc) is 3.18. The average molecular weight is 329 g/mol. The first-order chi connectivity index (χ1) is 11.2. The van der Waals surface area contributed by atoms with E-state index in [-0.39, 0.29) is 11.4 Å². The zero-order valence-electron chi connectivity index (χ0n) is 13.3. The van der Waals surface area contributed by atoms with Crippen LogP contribution in [0.15, 0.2) is 35.7 Å². The van der Waals surface area contributed by atoms with E-state index in [1.54, 1.807) is 11.3 Å². The van der Waals surface area contributed by atoms with Crippen molar-refractivity contribution in [2.24, 2.45) is 5.73 Å². The highest BCUT2D eigenvalue weighted by Gasteiger charge is 2.33. The number of hydrogen-bond acceptors (Lipinski definition) is 4. The van der Waals surface area contributed by atoms with E-state index in [1.807, 2.05) is 23.6 Å². The van der Waals surface area contributed by atoms with Gasteiger partial charge in [-0.15, -0.1) is 11.3 Å². The van der Waals surface area contributed by atoms with Crippen molar-refractivity contribution in [2.75, 3.05) is 6.54 Å². The molecule has 1 amide bonds. The maximum absolute atomic E-state index is 12.3. The molecule has 0 atom stereocenters. The minimum absolute atomic E-state index is 0.0360. The van der Waals surface area contributed by atoms with E-state index in [9.17, 15) is 4.79 Å². The topological polar surface area (TPSA) is 68.0 Å². The van der Waals surface area contributed by atoms with E-state index in [0.29, 0.717) is 13.0 Å². The summed E-state index contributed by atoms with van der Waals surface area (Å²) < 4.78 is 0. The van der Waals surface area contributed by atoms with Crippen LogP contribution in [-0.4, -0.2) is 23.0 Å². The second-order valence-electron chi connectivity index (χ2n) is 6.31. The Balaban J connectivity index is 1.57. The van der Waals surface area contributed by atoms with Crippen LogP contribution in [0.5, 0.6) is 0 Å². The van der Waals surface area contributed by atoms with Crippen LogP contribution < -0.4 is 11.1 Å². The van der Waals surface area contributed by atoms with Gasteiger partial charge in [0.25, 0.3) is 0 Å². The van der Waals surface area contributed by atoms with Gasteiger partial charge in [-0.2, -0.15) is 0 Å². The van der Waals surface area contributed by atoms with Gasteiger partial charge in [0.1, 0.15) is 0 Å². The molecular formula is C18H23N3OS. The number of rotatable bonds is 6. The van der Waals surface area contributed by atoms with Crippen LogP contribution in [0.3, 0.4) is 0 Å². The van der Waals surface area contributed by atoms with Gasteiger partial charge in [-0.25, -0.2) is 4.98 Å². The first-order valence-corrected chi connectivity index (χ1v) is 9.05. The molecule has 1 fully saturated rings. The monoisotopic (exact) mass is 329 g/mol. The van der Waals surface area contributed by atoms with Crippen molar-refractivity contribution in [1.82, 2.24) is 10.3 Å². The largest absolute Gasteiger partial charge is 0.349 e.